The third-order valence-electron chi connectivity index (χ3n) is 2.07. The number of hydrogen-bond acceptors (Lipinski definition) is 5. The van der Waals surface area contributed by atoms with Crippen molar-refractivity contribution >= 4 is 23.2 Å². The van der Waals surface area contributed by atoms with Gasteiger partial charge in [0.2, 0.25) is 0 Å². The molecule has 18 heavy (non-hydrogen) atoms. The van der Waals surface area contributed by atoms with E-state index in [-0.39, 0.29) is 18.1 Å². The highest BCUT2D eigenvalue weighted by atomic mass is 32.1. The van der Waals surface area contributed by atoms with Crippen LogP contribution in [0.15, 0.2) is 23.7 Å². The molecule has 8 heteroatoms. The van der Waals surface area contributed by atoms with Crippen LogP contribution in [0, 0.1) is 0 Å². The predicted octanol–water partition coefficient (Wildman–Crippen LogP) is 0.354. The van der Waals surface area contributed by atoms with Crippen molar-refractivity contribution in [3.05, 3.63) is 34.3 Å². The Morgan fingerprint density at radius 3 is 3.00 bits per heavy atom. The van der Waals surface area contributed by atoms with Crippen molar-refractivity contribution in [2.45, 2.75) is 13.1 Å². The molecule has 0 saturated heterocycles. The number of carbonyl (C=O) groups is 2. The zero-order chi connectivity index (χ0) is 13.0. The molecule has 0 atom stereocenters. The summed E-state index contributed by atoms with van der Waals surface area (Å²) in [5.74, 6) is -1.41. The van der Waals surface area contributed by atoms with Crippen molar-refractivity contribution in [1.82, 2.24) is 20.3 Å². The van der Waals surface area contributed by atoms with E-state index in [4.69, 9.17) is 5.11 Å². The average molecular weight is 266 g/mol. The minimum atomic E-state index is -1.04. The maximum Gasteiger partial charge on any atom is 0.325 e. The predicted molar refractivity (Wildman–Crippen MR) is 63.1 cm³/mol. The molecule has 0 aliphatic carbocycles. The fourth-order valence-electron chi connectivity index (χ4n) is 1.29. The van der Waals surface area contributed by atoms with Crippen molar-refractivity contribution < 1.29 is 14.7 Å². The van der Waals surface area contributed by atoms with Crippen LogP contribution < -0.4 is 5.32 Å². The second-order valence-electron chi connectivity index (χ2n) is 3.46. The second-order valence-corrected chi connectivity index (χ2v) is 4.49. The molecule has 0 aromatic carbocycles. The van der Waals surface area contributed by atoms with Crippen molar-refractivity contribution in [3.63, 3.8) is 0 Å². The molecule has 0 radical (unpaired) electrons. The van der Waals surface area contributed by atoms with E-state index in [2.05, 4.69) is 15.6 Å². The summed E-state index contributed by atoms with van der Waals surface area (Å²) in [4.78, 5) is 23.1. The number of carbonyl (C=O) groups excluding carboxylic acids is 1. The van der Waals surface area contributed by atoms with Crippen LogP contribution in [0.3, 0.4) is 0 Å². The Balaban J connectivity index is 1.92. The van der Waals surface area contributed by atoms with Crippen LogP contribution in [-0.4, -0.2) is 32.0 Å². The van der Waals surface area contributed by atoms with E-state index >= 15 is 0 Å². The van der Waals surface area contributed by atoms with Gasteiger partial charge in [-0.25, -0.2) is 4.68 Å². The van der Waals surface area contributed by atoms with Gasteiger partial charge in [0.25, 0.3) is 5.91 Å². The standard InChI is InChI=1S/C10H10N4O3S/c15-9(16)6-14-5-8(12-13-14)10(17)11-4-7-2-1-3-18-7/h1-3,5H,4,6H2,(H,11,17)(H,15,16). The molecule has 2 aromatic heterocycles. The third kappa shape index (κ3) is 3.14. The number of rotatable bonds is 5. The highest BCUT2D eigenvalue weighted by Crippen LogP contribution is 2.07. The molecule has 0 aliphatic rings. The lowest BCUT2D eigenvalue weighted by Crippen LogP contribution is -2.22. The highest BCUT2D eigenvalue weighted by Gasteiger charge is 2.11. The van der Waals surface area contributed by atoms with E-state index < -0.39 is 5.97 Å². The zero-order valence-corrected chi connectivity index (χ0v) is 10.1. The fourth-order valence-corrected chi connectivity index (χ4v) is 1.93. The Hall–Kier alpha value is -2.22. The van der Waals surface area contributed by atoms with Crippen molar-refractivity contribution in [3.8, 4) is 0 Å². The third-order valence-corrected chi connectivity index (χ3v) is 2.95. The molecule has 0 bridgehead atoms. The molecule has 2 N–H and O–H groups in total. The van der Waals surface area contributed by atoms with E-state index in [1.165, 1.54) is 6.20 Å². The number of thiophene rings is 1. The molecule has 7 nitrogen and oxygen atoms in total. The van der Waals surface area contributed by atoms with Crippen LogP contribution in [0.5, 0.6) is 0 Å². The van der Waals surface area contributed by atoms with Gasteiger partial charge >= 0.3 is 5.97 Å². The number of aromatic nitrogens is 3. The molecule has 0 fully saturated rings. The Morgan fingerprint density at radius 1 is 1.50 bits per heavy atom. The average Bonchev–Trinajstić information content (AvgIpc) is 2.95. The number of amides is 1. The summed E-state index contributed by atoms with van der Waals surface area (Å²) in [5, 5.41) is 20.3. The van der Waals surface area contributed by atoms with Crippen molar-refractivity contribution in [2.24, 2.45) is 0 Å². The number of aliphatic carboxylic acids is 1. The molecule has 0 saturated carbocycles. The first-order valence-electron chi connectivity index (χ1n) is 5.07. The van der Waals surface area contributed by atoms with Crippen LogP contribution >= 0.6 is 11.3 Å². The maximum atomic E-state index is 11.7. The first-order valence-corrected chi connectivity index (χ1v) is 5.95. The van der Waals surface area contributed by atoms with Crippen LogP contribution in [0.1, 0.15) is 15.4 Å². The number of nitrogens with zero attached hydrogens (tertiary/aromatic N) is 3. The summed E-state index contributed by atoms with van der Waals surface area (Å²) < 4.78 is 1.10. The first-order chi connectivity index (χ1) is 8.65. The Labute approximate surface area is 106 Å². The SMILES string of the molecule is O=C(O)Cn1cc(C(=O)NCc2cccs2)nn1. The highest BCUT2D eigenvalue weighted by molar-refractivity contribution is 7.09. The van der Waals surface area contributed by atoms with Gasteiger partial charge in [0, 0.05) is 4.88 Å². The van der Waals surface area contributed by atoms with Gasteiger partial charge < -0.3 is 10.4 Å². The normalized spacial score (nSPS) is 10.2. The topological polar surface area (TPSA) is 97.1 Å². The van der Waals surface area contributed by atoms with E-state index in [1.807, 2.05) is 17.5 Å². The minimum Gasteiger partial charge on any atom is -0.480 e. The van der Waals surface area contributed by atoms with Crippen LogP contribution in [-0.2, 0) is 17.9 Å². The lowest BCUT2D eigenvalue weighted by atomic mass is 10.4. The summed E-state index contributed by atoms with van der Waals surface area (Å²) in [6.07, 6.45) is 1.30. The Kier molecular flexibility index (Phi) is 3.68. The van der Waals surface area contributed by atoms with Gasteiger partial charge in [-0.1, -0.05) is 11.3 Å². The molecule has 0 unspecified atom stereocenters. The van der Waals surface area contributed by atoms with Crippen molar-refractivity contribution in [2.75, 3.05) is 0 Å². The van der Waals surface area contributed by atoms with Gasteiger partial charge in [-0.3, -0.25) is 9.59 Å². The fraction of sp³-hybridized carbons (Fsp3) is 0.200. The smallest absolute Gasteiger partial charge is 0.325 e. The number of carboxylic acids is 1. The zero-order valence-electron chi connectivity index (χ0n) is 9.24. The van der Waals surface area contributed by atoms with E-state index in [0.717, 1.165) is 9.56 Å². The molecule has 1 amide bonds. The number of nitrogens with one attached hydrogen (secondary N) is 1. The molecule has 0 aliphatic heterocycles. The molecule has 2 rings (SSSR count). The Morgan fingerprint density at radius 2 is 2.33 bits per heavy atom. The lowest BCUT2D eigenvalue weighted by molar-refractivity contribution is -0.137. The number of carboxylic acid groups (broad SMARTS) is 1. The molecule has 2 aromatic rings. The van der Waals surface area contributed by atoms with Gasteiger partial charge in [0.15, 0.2) is 5.69 Å². The summed E-state index contributed by atoms with van der Waals surface area (Å²) in [6, 6.07) is 3.81. The maximum absolute atomic E-state index is 11.7. The minimum absolute atomic E-state index is 0.104. The van der Waals surface area contributed by atoms with Crippen LogP contribution in [0.25, 0.3) is 0 Å². The van der Waals surface area contributed by atoms with Crippen LogP contribution in [0.2, 0.25) is 0 Å². The van der Waals surface area contributed by atoms with E-state index in [1.54, 1.807) is 11.3 Å². The lowest BCUT2D eigenvalue weighted by Gasteiger charge is -1.99. The van der Waals surface area contributed by atoms with Gasteiger partial charge in [-0.05, 0) is 11.4 Å². The Bertz CT molecular complexity index is 549. The first kappa shape index (κ1) is 12.2. The van der Waals surface area contributed by atoms with Gasteiger partial charge in [-0.15, -0.1) is 16.4 Å². The quantitative estimate of drug-likeness (QED) is 0.814. The second kappa shape index (κ2) is 5.41. The monoisotopic (exact) mass is 266 g/mol. The summed E-state index contributed by atoms with van der Waals surface area (Å²) >= 11 is 1.54. The molecule has 94 valence electrons. The summed E-state index contributed by atoms with van der Waals surface area (Å²) in [5.41, 5.74) is 0.104. The molecule has 2 heterocycles. The van der Waals surface area contributed by atoms with E-state index in [9.17, 15) is 9.59 Å². The van der Waals surface area contributed by atoms with Crippen molar-refractivity contribution in [1.29, 1.82) is 0 Å². The van der Waals surface area contributed by atoms with E-state index in [0.29, 0.717) is 6.54 Å². The van der Waals surface area contributed by atoms with Gasteiger partial charge in [0.05, 0.1) is 12.7 Å². The largest absolute Gasteiger partial charge is 0.480 e. The van der Waals surface area contributed by atoms with Gasteiger partial charge in [-0.2, -0.15) is 0 Å². The summed E-state index contributed by atoms with van der Waals surface area (Å²) in [7, 11) is 0. The van der Waals surface area contributed by atoms with Crippen LogP contribution in [0.4, 0.5) is 0 Å². The summed E-state index contributed by atoms with van der Waals surface area (Å²) in [6.45, 7) is 0.105. The molecular weight excluding hydrogens is 256 g/mol. The van der Waals surface area contributed by atoms with Gasteiger partial charge in [0.1, 0.15) is 6.54 Å². The number of hydrogen-bond donors (Lipinski definition) is 2. The molecule has 0 spiro atoms. The molecular formula is C10H10N4O3S.